The molecule has 4 heteroatoms. The van der Waals surface area contributed by atoms with Crippen molar-refractivity contribution in [1.82, 2.24) is 4.90 Å². The Morgan fingerprint density at radius 3 is 2.76 bits per heavy atom. The molecule has 0 saturated heterocycles. The lowest BCUT2D eigenvalue weighted by molar-refractivity contribution is -0.130. The number of benzene rings is 1. The second kappa shape index (κ2) is 7.30. The van der Waals surface area contributed by atoms with Crippen molar-refractivity contribution in [1.29, 1.82) is 0 Å². The van der Waals surface area contributed by atoms with Crippen molar-refractivity contribution >= 4 is 17.5 Å². The van der Waals surface area contributed by atoms with Crippen LogP contribution in [0.25, 0.3) is 0 Å². The van der Waals surface area contributed by atoms with Crippen LogP contribution in [0, 0.1) is 0 Å². The number of rotatable bonds is 6. The molecule has 0 fully saturated rings. The average Bonchev–Trinajstić information content (AvgIpc) is 2.34. The Morgan fingerprint density at radius 1 is 1.41 bits per heavy atom. The number of nitrogens with zero attached hydrogens (tertiary/aromatic N) is 1. The molecule has 17 heavy (non-hydrogen) atoms. The van der Waals surface area contributed by atoms with E-state index in [0.29, 0.717) is 19.4 Å². The van der Waals surface area contributed by atoms with Gasteiger partial charge in [0.15, 0.2) is 0 Å². The monoisotopic (exact) mass is 255 g/mol. The number of hydrogen-bond donors (Lipinski definition) is 1. The van der Waals surface area contributed by atoms with Crippen molar-refractivity contribution in [3.05, 3.63) is 34.9 Å². The van der Waals surface area contributed by atoms with E-state index in [4.69, 9.17) is 16.7 Å². The highest BCUT2D eigenvalue weighted by atomic mass is 35.5. The van der Waals surface area contributed by atoms with Gasteiger partial charge < -0.3 is 10.0 Å². The molecule has 0 atom stereocenters. The van der Waals surface area contributed by atoms with Crippen molar-refractivity contribution < 1.29 is 9.90 Å². The summed E-state index contributed by atoms with van der Waals surface area (Å²) in [5.41, 5.74) is 1.05. The second-order valence-corrected chi connectivity index (χ2v) is 4.39. The molecule has 0 aliphatic heterocycles. The van der Waals surface area contributed by atoms with Gasteiger partial charge in [-0.25, -0.2) is 0 Å². The van der Waals surface area contributed by atoms with E-state index in [1.54, 1.807) is 11.9 Å². The lowest BCUT2D eigenvalue weighted by Crippen LogP contribution is -2.28. The summed E-state index contributed by atoms with van der Waals surface area (Å²) in [4.78, 5) is 13.3. The van der Waals surface area contributed by atoms with E-state index in [2.05, 4.69) is 0 Å². The lowest BCUT2D eigenvalue weighted by Gasteiger charge is -2.17. The summed E-state index contributed by atoms with van der Waals surface area (Å²) >= 11 is 6.03. The Bertz CT molecular complexity index is 368. The van der Waals surface area contributed by atoms with E-state index in [-0.39, 0.29) is 12.5 Å². The minimum atomic E-state index is 0.0596. The van der Waals surface area contributed by atoms with Gasteiger partial charge in [-0.15, -0.1) is 0 Å². The van der Waals surface area contributed by atoms with E-state index in [0.717, 1.165) is 17.0 Å². The fourth-order valence-corrected chi connectivity index (χ4v) is 1.77. The molecule has 1 rings (SSSR count). The molecule has 1 N–H and O–H groups in total. The van der Waals surface area contributed by atoms with Crippen LogP contribution in [-0.2, 0) is 11.2 Å². The standard InChI is InChI=1S/C13H18ClNO2/c1-15(13(17)7-4-10-16)9-8-11-5-2-3-6-12(11)14/h2-3,5-6,16H,4,7-10H2,1H3. The SMILES string of the molecule is CN(CCc1ccccc1Cl)C(=O)CCCO. The highest BCUT2D eigenvalue weighted by Gasteiger charge is 2.08. The largest absolute Gasteiger partial charge is 0.396 e. The maximum atomic E-state index is 11.6. The van der Waals surface area contributed by atoms with E-state index < -0.39 is 0 Å². The summed E-state index contributed by atoms with van der Waals surface area (Å²) in [5, 5.41) is 9.39. The average molecular weight is 256 g/mol. The molecule has 3 nitrogen and oxygen atoms in total. The maximum Gasteiger partial charge on any atom is 0.222 e. The van der Waals surface area contributed by atoms with Gasteiger partial charge in [0, 0.05) is 31.6 Å². The summed E-state index contributed by atoms with van der Waals surface area (Å²) in [5.74, 6) is 0.0612. The van der Waals surface area contributed by atoms with Crippen LogP contribution in [0.5, 0.6) is 0 Å². The molecule has 1 amide bonds. The quantitative estimate of drug-likeness (QED) is 0.846. The number of hydrogen-bond acceptors (Lipinski definition) is 2. The van der Waals surface area contributed by atoms with Crippen LogP contribution in [-0.4, -0.2) is 36.1 Å². The van der Waals surface area contributed by atoms with Crippen LogP contribution in [0.4, 0.5) is 0 Å². The van der Waals surface area contributed by atoms with Crippen molar-refractivity contribution in [2.45, 2.75) is 19.3 Å². The smallest absolute Gasteiger partial charge is 0.222 e. The molecular weight excluding hydrogens is 238 g/mol. The molecule has 0 aliphatic carbocycles. The summed E-state index contributed by atoms with van der Waals surface area (Å²) in [7, 11) is 1.77. The molecule has 0 saturated carbocycles. The first kappa shape index (κ1) is 14.0. The summed E-state index contributed by atoms with van der Waals surface area (Å²) in [6.45, 7) is 0.706. The van der Waals surface area contributed by atoms with Gasteiger partial charge in [0.25, 0.3) is 0 Å². The van der Waals surface area contributed by atoms with Crippen LogP contribution in [0.1, 0.15) is 18.4 Å². The predicted molar refractivity (Wildman–Crippen MR) is 69.1 cm³/mol. The third kappa shape index (κ3) is 4.75. The van der Waals surface area contributed by atoms with Crippen LogP contribution in [0.3, 0.4) is 0 Å². The van der Waals surface area contributed by atoms with E-state index in [1.807, 2.05) is 24.3 Å². The molecule has 0 heterocycles. The number of carbonyl (C=O) groups is 1. The number of carbonyl (C=O) groups excluding carboxylic acids is 1. The van der Waals surface area contributed by atoms with Crippen LogP contribution in [0.15, 0.2) is 24.3 Å². The number of amides is 1. The van der Waals surface area contributed by atoms with Crippen LogP contribution < -0.4 is 0 Å². The van der Waals surface area contributed by atoms with E-state index in [1.165, 1.54) is 0 Å². The van der Waals surface area contributed by atoms with Crippen molar-refractivity contribution in [2.24, 2.45) is 0 Å². The molecular formula is C13H18ClNO2. The van der Waals surface area contributed by atoms with Gasteiger partial charge in [-0.2, -0.15) is 0 Å². The summed E-state index contributed by atoms with van der Waals surface area (Å²) in [6.07, 6.45) is 1.67. The highest BCUT2D eigenvalue weighted by molar-refractivity contribution is 6.31. The van der Waals surface area contributed by atoms with E-state index in [9.17, 15) is 4.79 Å². The molecule has 0 bridgehead atoms. The lowest BCUT2D eigenvalue weighted by atomic mass is 10.1. The Labute approximate surface area is 107 Å². The number of aliphatic hydroxyl groups is 1. The Balaban J connectivity index is 2.40. The van der Waals surface area contributed by atoms with E-state index >= 15 is 0 Å². The maximum absolute atomic E-state index is 11.6. The zero-order valence-corrected chi connectivity index (χ0v) is 10.8. The second-order valence-electron chi connectivity index (χ2n) is 3.98. The third-order valence-corrected chi connectivity index (χ3v) is 3.02. The predicted octanol–water partition coefficient (Wildman–Crippen LogP) is 2.11. The van der Waals surface area contributed by atoms with Gasteiger partial charge >= 0.3 is 0 Å². The number of halogens is 1. The molecule has 0 radical (unpaired) electrons. The molecule has 0 spiro atoms. The van der Waals surface area contributed by atoms with Gasteiger partial charge in [-0.1, -0.05) is 29.8 Å². The number of likely N-dealkylation sites (N-methyl/N-ethyl adjacent to an activating group) is 1. The Hall–Kier alpha value is -1.06. The van der Waals surface area contributed by atoms with Crippen LogP contribution in [0.2, 0.25) is 5.02 Å². The number of aliphatic hydroxyl groups excluding tert-OH is 1. The molecule has 0 aromatic heterocycles. The van der Waals surface area contributed by atoms with Gasteiger partial charge in [0.1, 0.15) is 0 Å². The third-order valence-electron chi connectivity index (χ3n) is 2.65. The first-order valence-electron chi connectivity index (χ1n) is 5.73. The van der Waals surface area contributed by atoms with Crippen molar-refractivity contribution in [2.75, 3.05) is 20.2 Å². The molecule has 94 valence electrons. The Morgan fingerprint density at radius 2 is 2.12 bits per heavy atom. The molecule has 1 aromatic rings. The zero-order valence-electron chi connectivity index (χ0n) is 10.0. The summed E-state index contributed by atoms with van der Waals surface area (Å²) in [6, 6.07) is 7.65. The minimum Gasteiger partial charge on any atom is -0.396 e. The normalized spacial score (nSPS) is 10.3. The molecule has 1 aromatic carbocycles. The van der Waals surface area contributed by atoms with Crippen molar-refractivity contribution in [3.8, 4) is 0 Å². The van der Waals surface area contributed by atoms with Gasteiger partial charge in [-0.3, -0.25) is 4.79 Å². The van der Waals surface area contributed by atoms with Gasteiger partial charge in [0.05, 0.1) is 0 Å². The van der Waals surface area contributed by atoms with Gasteiger partial charge in [-0.05, 0) is 24.5 Å². The zero-order chi connectivity index (χ0) is 12.7. The minimum absolute atomic E-state index is 0.0596. The van der Waals surface area contributed by atoms with Crippen molar-refractivity contribution in [3.63, 3.8) is 0 Å². The fourth-order valence-electron chi connectivity index (χ4n) is 1.54. The first-order valence-corrected chi connectivity index (χ1v) is 6.11. The molecule has 0 aliphatic rings. The van der Waals surface area contributed by atoms with Crippen LogP contribution >= 0.6 is 11.6 Å². The first-order chi connectivity index (χ1) is 8.15. The topological polar surface area (TPSA) is 40.5 Å². The fraction of sp³-hybridized carbons (Fsp3) is 0.462. The molecule has 0 unspecified atom stereocenters. The summed E-state index contributed by atoms with van der Waals surface area (Å²) < 4.78 is 0. The highest BCUT2D eigenvalue weighted by Crippen LogP contribution is 2.15. The van der Waals surface area contributed by atoms with Gasteiger partial charge in [0.2, 0.25) is 5.91 Å². The Kier molecular flexibility index (Phi) is 6.01.